The van der Waals surface area contributed by atoms with E-state index in [1.54, 1.807) is 0 Å². The standard InChI is InChI=1S/C15H12ClN3O7S/c16-11-6-5-9(27(17,24)25)7-10(11)15(21)26-8-14(20)18-12-3-1-2-4-13(12)19(22)23/h1-7H,8H2,(H,18,20)(H2,17,24,25). The van der Waals surface area contributed by atoms with Crippen LogP contribution in [0, 0.1) is 10.1 Å². The second-order valence-electron chi connectivity index (χ2n) is 5.09. The van der Waals surface area contributed by atoms with Gasteiger partial charge in [0.15, 0.2) is 6.61 Å². The highest BCUT2D eigenvalue weighted by atomic mass is 35.5. The number of nitro groups is 1. The fraction of sp³-hybridized carbons (Fsp3) is 0.0667. The number of amides is 1. The number of rotatable bonds is 6. The fourth-order valence-electron chi connectivity index (χ4n) is 1.97. The highest BCUT2D eigenvalue weighted by Crippen LogP contribution is 2.23. The van der Waals surface area contributed by atoms with E-state index in [1.165, 1.54) is 24.3 Å². The van der Waals surface area contributed by atoms with Gasteiger partial charge in [0.1, 0.15) is 5.69 Å². The van der Waals surface area contributed by atoms with Gasteiger partial charge in [-0.05, 0) is 24.3 Å². The van der Waals surface area contributed by atoms with Crippen molar-refractivity contribution in [3.63, 3.8) is 0 Å². The Labute approximate surface area is 158 Å². The summed E-state index contributed by atoms with van der Waals surface area (Å²) in [6, 6.07) is 8.58. The van der Waals surface area contributed by atoms with Gasteiger partial charge in [0.2, 0.25) is 10.0 Å². The molecule has 0 radical (unpaired) electrons. The van der Waals surface area contributed by atoms with E-state index < -0.39 is 33.4 Å². The molecule has 0 aliphatic carbocycles. The molecule has 0 aliphatic rings. The largest absolute Gasteiger partial charge is 0.452 e. The number of carbonyl (C=O) groups is 2. The van der Waals surface area contributed by atoms with E-state index in [4.69, 9.17) is 21.5 Å². The number of halogens is 1. The third-order valence-electron chi connectivity index (χ3n) is 3.20. The Bertz CT molecular complexity index is 1020. The van der Waals surface area contributed by atoms with Crippen molar-refractivity contribution in [3.05, 3.63) is 63.2 Å². The molecule has 2 aromatic carbocycles. The van der Waals surface area contributed by atoms with E-state index in [1.807, 2.05) is 0 Å². The van der Waals surface area contributed by atoms with Gasteiger partial charge in [-0.3, -0.25) is 14.9 Å². The van der Waals surface area contributed by atoms with Gasteiger partial charge < -0.3 is 10.1 Å². The van der Waals surface area contributed by atoms with Crippen LogP contribution in [0.3, 0.4) is 0 Å². The molecule has 12 heteroatoms. The maximum Gasteiger partial charge on any atom is 0.340 e. The molecule has 1 amide bonds. The Kier molecular flexibility index (Phi) is 6.10. The highest BCUT2D eigenvalue weighted by molar-refractivity contribution is 7.89. The van der Waals surface area contributed by atoms with Crippen LogP contribution in [0.5, 0.6) is 0 Å². The van der Waals surface area contributed by atoms with Crippen LogP contribution in [0.1, 0.15) is 10.4 Å². The van der Waals surface area contributed by atoms with Crippen LogP contribution in [-0.2, 0) is 19.6 Å². The summed E-state index contributed by atoms with van der Waals surface area (Å²) in [5.41, 5.74) is -0.708. The first-order valence-corrected chi connectivity index (χ1v) is 9.05. The van der Waals surface area contributed by atoms with Crippen molar-refractivity contribution < 1.29 is 27.7 Å². The lowest BCUT2D eigenvalue weighted by atomic mass is 10.2. The van der Waals surface area contributed by atoms with Crippen LogP contribution in [0.25, 0.3) is 0 Å². The number of hydrogen-bond acceptors (Lipinski definition) is 7. The molecule has 2 rings (SSSR count). The smallest absolute Gasteiger partial charge is 0.340 e. The monoisotopic (exact) mass is 413 g/mol. The van der Waals surface area contributed by atoms with Crippen LogP contribution in [0.4, 0.5) is 11.4 Å². The molecule has 0 aromatic heterocycles. The number of nitro benzene ring substituents is 1. The zero-order valence-corrected chi connectivity index (χ0v) is 15.0. The fourth-order valence-corrected chi connectivity index (χ4v) is 2.71. The molecule has 0 saturated heterocycles. The predicted molar refractivity (Wildman–Crippen MR) is 94.8 cm³/mol. The molecule has 10 nitrogen and oxygen atoms in total. The number of carbonyl (C=O) groups excluding carboxylic acids is 2. The molecule has 0 spiro atoms. The highest BCUT2D eigenvalue weighted by Gasteiger charge is 2.19. The topological polar surface area (TPSA) is 159 Å². The average molecular weight is 414 g/mol. The molecule has 0 unspecified atom stereocenters. The summed E-state index contributed by atoms with van der Waals surface area (Å²) in [6.45, 7) is -0.777. The number of sulfonamides is 1. The van der Waals surface area contributed by atoms with E-state index in [0.717, 1.165) is 18.2 Å². The normalized spacial score (nSPS) is 10.9. The number of para-hydroxylation sites is 2. The van der Waals surface area contributed by atoms with Crippen molar-refractivity contribution >= 4 is 44.9 Å². The van der Waals surface area contributed by atoms with Gasteiger partial charge in [0.05, 0.1) is 20.4 Å². The van der Waals surface area contributed by atoms with Gasteiger partial charge in [-0.1, -0.05) is 23.7 Å². The third-order valence-corrected chi connectivity index (χ3v) is 4.44. The Morgan fingerprint density at radius 1 is 1.22 bits per heavy atom. The minimum absolute atomic E-state index is 0.0715. The summed E-state index contributed by atoms with van der Waals surface area (Å²) in [7, 11) is -4.07. The molecule has 0 aliphatic heterocycles. The molecule has 0 atom stereocenters. The number of anilines is 1. The second-order valence-corrected chi connectivity index (χ2v) is 7.05. The Hall–Kier alpha value is -3.02. The van der Waals surface area contributed by atoms with Gasteiger partial charge in [0, 0.05) is 6.07 Å². The summed E-state index contributed by atoms with van der Waals surface area (Å²) >= 11 is 5.83. The van der Waals surface area contributed by atoms with E-state index in [-0.39, 0.29) is 26.9 Å². The van der Waals surface area contributed by atoms with E-state index in [0.29, 0.717) is 0 Å². The van der Waals surface area contributed by atoms with Crippen molar-refractivity contribution in [2.75, 3.05) is 11.9 Å². The molecule has 142 valence electrons. The Balaban J connectivity index is 2.08. The molecule has 27 heavy (non-hydrogen) atoms. The predicted octanol–water partition coefficient (Wildman–Crippen LogP) is 1.69. The number of nitrogens with zero attached hydrogens (tertiary/aromatic N) is 1. The van der Waals surface area contributed by atoms with E-state index in [2.05, 4.69) is 5.32 Å². The summed E-state index contributed by atoms with van der Waals surface area (Å²) in [6.07, 6.45) is 0. The summed E-state index contributed by atoms with van der Waals surface area (Å²) in [4.78, 5) is 33.8. The number of ether oxygens (including phenoxy) is 1. The van der Waals surface area contributed by atoms with Gasteiger partial charge in [0.25, 0.3) is 11.6 Å². The number of primary sulfonamides is 1. The van der Waals surface area contributed by atoms with Crippen LogP contribution < -0.4 is 10.5 Å². The van der Waals surface area contributed by atoms with Gasteiger partial charge in [-0.25, -0.2) is 18.4 Å². The summed E-state index contributed by atoms with van der Waals surface area (Å²) in [5.74, 6) is -1.90. The molecule has 0 bridgehead atoms. The van der Waals surface area contributed by atoms with Crippen LogP contribution in [0.2, 0.25) is 5.02 Å². The first-order valence-electron chi connectivity index (χ1n) is 7.12. The average Bonchev–Trinajstić information content (AvgIpc) is 2.59. The number of hydrogen-bond donors (Lipinski definition) is 2. The van der Waals surface area contributed by atoms with Gasteiger partial charge in [-0.2, -0.15) is 0 Å². The van der Waals surface area contributed by atoms with Crippen molar-refractivity contribution in [1.82, 2.24) is 0 Å². The SMILES string of the molecule is NS(=O)(=O)c1ccc(Cl)c(C(=O)OCC(=O)Nc2ccccc2[N+](=O)[O-])c1. The van der Waals surface area contributed by atoms with Crippen molar-refractivity contribution in [2.24, 2.45) is 5.14 Å². The third kappa shape index (κ3) is 5.23. The number of benzene rings is 2. The summed E-state index contributed by atoms with van der Waals surface area (Å²) in [5, 5.41) is 18.0. The first-order chi connectivity index (χ1) is 12.6. The van der Waals surface area contributed by atoms with Gasteiger partial charge in [-0.15, -0.1) is 0 Å². The Morgan fingerprint density at radius 3 is 2.52 bits per heavy atom. The molecule has 2 aromatic rings. The molecule has 0 saturated carbocycles. The zero-order chi connectivity index (χ0) is 20.2. The lowest BCUT2D eigenvalue weighted by Crippen LogP contribution is -2.22. The van der Waals surface area contributed by atoms with Crippen LogP contribution in [-0.4, -0.2) is 31.8 Å². The molecular weight excluding hydrogens is 402 g/mol. The quantitative estimate of drug-likeness (QED) is 0.414. The first kappa shape index (κ1) is 20.3. The molecule has 0 heterocycles. The minimum atomic E-state index is -4.07. The van der Waals surface area contributed by atoms with Gasteiger partial charge >= 0.3 is 5.97 Å². The maximum atomic E-state index is 12.0. The van der Waals surface area contributed by atoms with E-state index in [9.17, 15) is 28.1 Å². The minimum Gasteiger partial charge on any atom is -0.452 e. The number of nitrogens with one attached hydrogen (secondary N) is 1. The van der Waals surface area contributed by atoms with Crippen molar-refractivity contribution in [1.29, 1.82) is 0 Å². The van der Waals surface area contributed by atoms with Crippen LogP contribution >= 0.6 is 11.6 Å². The lowest BCUT2D eigenvalue weighted by Gasteiger charge is -2.08. The van der Waals surface area contributed by atoms with Crippen LogP contribution in [0.15, 0.2) is 47.4 Å². The summed E-state index contributed by atoms with van der Waals surface area (Å²) < 4.78 is 27.4. The Morgan fingerprint density at radius 2 is 1.89 bits per heavy atom. The molecule has 0 fully saturated rings. The van der Waals surface area contributed by atoms with Crippen molar-refractivity contribution in [3.8, 4) is 0 Å². The number of esters is 1. The zero-order valence-electron chi connectivity index (χ0n) is 13.4. The molecular formula is C15H12ClN3O7S. The van der Waals surface area contributed by atoms with Crippen molar-refractivity contribution in [2.45, 2.75) is 4.90 Å². The second kappa shape index (κ2) is 8.12. The maximum absolute atomic E-state index is 12.0. The van der Waals surface area contributed by atoms with E-state index >= 15 is 0 Å². The molecule has 3 N–H and O–H groups in total. The number of nitrogens with two attached hydrogens (primary N) is 1. The lowest BCUT2D eigenvalue weighted by molar-refractivity contribution is -0.383.